The summed E-state index contributed by atoms with van der Waals surface area (Å²) in [7, 11) is 1.82. The van der Waals surface area contributed by atoms with Gasteiger partial charge in [-0.2, -0.15) is 0 Å². The van der Waals surface area contributed by atoms with Crippen molar-refractivity contribution in [3.8, 4) is 0 Å². The second-order valence-corrected chi connectivity index (χ2v) is 6.69. The molecule has 0 spiro atoms. The molecule has 4 heteroatoms. The van der Waals surface area contributed by atoms with Gasteiger partial charge in [-0.1, -0.05) is 48.5 Å². The summed E-state index contributed by atoms with van der Waals surface area (Å²) in [4.78, 5) is 22.2. The highest BCUT2D eigenvalue weighted by molar-refractivity contribution is 6.16. The molecule has 5 rings (SSSR count). The topological polar surface area (TPSA) is 49.0 Å². The first-order chi connectivity index (χ1) is 12.7. The van der Waals surface area contributed by atoms with Gasteiger partial charge >= 0.3 is 0 Å². The van der Waals surface area contributed by atoms with Gasteiger partial charge in [0.25, 0.3) is 5.91 Å². The van der Waals surface area contributed by atoms with E-state index in [0.29, 0.717) is 6.54 Å². The number of fused-ring (bicyclic) bond motifs is 5. The number of hydrogen-bond acceptors (Lipinski definition) is 2. The summed E-state index contributed by atoms with van der Waals surface area (Å²) in [6, 6.07) is 16.4. The minimum atomic E-state index is 0.0635. The Bertz CT molecular complexity index is 1190. The first kappa shape index (κ1) is 14.9. The summed E-state index contributed by atoms with van der Waals surface area (Å²) in [5.74, 6) is 0.0635. The van der Waals surface area contributed by atoms with Crippen LogP contribution in [-0.4, -0.2) is 27.8 Å². The molecule has 0 aliphatic carbocycles. The number of amides is 1. The Balaban J connectivity index is 1.65. The molecule has 4 aromatic rings. The van der Waals surface area contributed by atoms with Crippen LogP contribution in [0.15, 0.2) is 54.7 Å². The van der Waals surface area contributed by atoms with E-state index >= 15 is 0 Å². The van der Waals surface area contributed by atoms with Crippen LogP contribution in [0.1, 0.15) is 27.3 Å². The lowest BCUT2D eigenvalue weighted by atomic mass is 10.1. The molecule has 4 nitrogen and oxygen atoms in total. The zero-order chi connectivity index (χ0) is 17.7. The van der Waals surface area contributed by atoms with Crippen molar-refractivity contribution in [1.29, 1.82) is 0 Å². The average molecular weight is 339 g/mol. The third-order valence-corrected chi connectivity index (χ3v) is 4.95. The summed E-state index contributed by atoms with van der Waals surface area (Å²) >= 11 is 0. The molecule has 2 aromatic carbocycles. The van der Waals surface area contributed by atoms with Crippen LogP contribution in [0.25, 0.3) is 33.8 Å². The fraction of sp³-hybridized carbons (Fsp3) is 0.0909. The molecule has 0 bridgehead atoms. The molecule has 126 valence electrons. The summed E-state index contributed by atoms with van der Waals surface area (Å²) in [6.45, 7) is 0.587. The van der Waals surface area contributed by atoms with E-state index in [4.69, 9.17) is 4.98 Å². The van der Waals surface area contributed by atoms with Crippen LogP contribution in [0.5, 0.6) is 0 Å². The molecule has 2 aromatic heterocycles. The number of hydrogen-bond donors (Lipinski definition) is 1. The summed E-state index contributed by atoms with van der Waals surface area (Å²) in [5.41, 5.74) is 4.71. The molecule has 1 N–H and O–H groups in total. The number of nitrogens with one attached hydrogen (secondary N) is 1. The molecule has 0 saturated carbocycles. The van der Waals surface area contributed by atoms with Gasteiger partial charge in [-0.05, 0) is 23.1 Å². The van der Waals surface area contributed by atoms with Gasteiger partial charge in [0.2, 0.25) is 0 Å². The molecule has 1 aliphatic rings. The van der Waals surface area contributed by atoms with Gasteiger partial charge in [-0.3, -0.25) is 4.79 Å². The van der Waals surface area contributed by atoms with Crippen LogP contribution in [0.4, 0.5) is 0 Å². The summed E-state index contributed by atoms with van der Waals surface area (Å²) < 4.78 is 0. The molecule has 1 amide bonds. The minimum absolute atomic E-state index is 0.0635. The number of pyridine rings is 1. The van der Waals surface area contributed by atoms with E-state index < -0.39 is 0 Å². The highest BCUT2D eigenvalue weighted by atomic mass is 16.2. The Kier molecular flexibility index (Phi) is 3.19. The smallest absolute Gasteiger partial charge is 0.256 e. The zero-order valence-corrected chi connectivity index (χ0v) is 14.4. The number of carbonyl (C=O) groups excluding carboxylic acids is 1. The average Bonchev–Trinajstić information content (AvgIpc) is 3.17. The van der Waals surface area contributed by atoms with Gasteiger partial charge in [0.1, 0.15) is 0 Å². The van der Waals surface area contributed by atoms with Gasteiger partial charge < -0.3 is 9.88 Å². The maximum absolute atomic E-state index is 12.4. The highest BCUT2D eigenvalue weighted by Crippen LogP contribution is 2.33. The molecule has 0 fully saturated rings. The second kappa shape index (κ2) is 5.56. The predicted molar refractivity (Wildman–Crippen MR) is 105 cm³/mol. The third kappa shape index (κ3) is 2.23. The standard InChI is InChI=1S/C22H17N3O/c1-25-13-19-20(22(25)26)17-10-8-15-12-23-16(11-18(15)21(17)24-19)9-7-14-5-3-2-4-6-14/h2-12,23H,13H2,1H3/b9-7+. The van der Waals surface area contributed by atoms with Crippen molar-refractivity contribution in [3.63, 3.8) is 0 Å². The van der Waals surface area contributed by atoms with E-state index in [9.17, 15) is 4.79 Å². The number of H-pyrrole nitrogens is 1. The lowest BCUT2D eigenvalue weighted by molar-refractivity contribution is 0.0817. The van der Waals surface area contributed by atoms with Crippen molar-refractivity contribution in [2.75, 3.05) is 7.05 Å². The molecule has 0 atom stereocenters. The lowest BCUT2D eigenvalue weighted by Gasteiger charge is -2.07. The minimum Gasteiger partial charge on any atom is -0.361 e. The molecule has 0 saturated heterocycles. The van der Waals surface area contributed by atoms with Crippen molar-refractivity contribution in [2.45, 2.75) is 6.54 Å². The van der Waals surface area contributed by atoms with Crippen LogP contribution in [0, 0.1) is 0 Å². The van der Waals surface area contributed by atoms with E-state index in [1.54, 1.807) is 4.90 Å². The molecule has 0 radical (unpaired) electrons. The second-order valence-electron chi connectivity index (χ2n) is 6.69. The van der Waals surface area contributed by atoms with Gasteiger partial charge in [-0.25, -0.2) is 4.98 Å². The molecule has 1 aliphatic heterocycles. The molecular formula is C22H17N3O. The monoisotopic (exact) mass is 339 g/mol. The highest BCUT2D eigenvalue weighted by Gasteiger charge is 2.30. The van der Waals surface area contributed by atoms with Crippen molar-refractivity contribution >= 4 is 39.7 Å². The molecule has 26 heavy (non-hydrogen) atoms. The van der Waals surface area contributed by atoms with E-state index in [-0.39, 0.29) is 5.91 Å². The Morgan fingerprint density at radius 2 is 1.92 bits per heavy atom. The zero-order valence-electron chi connectivity index (χ0n) is 14.4. The lowest BCUT2D eigenvalue weighted by Crippen LogP contribution is -2.18. The van der Waals surface area contributed by atoms with Crippen molar-refractivity contribution in [1.82, 2.24) is 14.9 Å². The van der Waals surface area contributed by atoms with Crippen molar-refractivity contribution in [3.05, 3.63) is 77.2 Å². The summed E-state index contributed by atoms with van der Waals surface area (Å²) in [6.07, 6.45) is 6.13. The first-order valence-corrected chi connectivity index (χ1v) is 8.63. The van der Waals surface area contributed by atoms with E-state index in [1.807, 2.05) is 43.6 Å². The third-order valence-electron chi connectivity index (χ3n) is 4.95. The Morgan fingerprint density at radius 3 is 2.77 bits per heavy atom. The largest absolute Gasteiger partial charge is 0.361 e. The maximum atomic E-state index is 12.4. The number of carbonyl (C=O) groups is 1. The Labute approximate surface area is 150 Å². The van der Waals surface area contributed by atoms with Gasteiger partial charge in [0.05, 0.1) is 23.3 Å². The number of nitrogens with zero attached hydrogens (tertiary/aromatic N) is 2. The van der Waals surface area contributed by atoms with Crippen LogP contribution in [0.2, 0.25) is 0 Å². The quantitative estimate of drug-likeness (QED) is 0.586. The SMILES string of the molecule is CN1Cc2nc3c(ccc4c[nH]c(/C=C/c5ccccc5)cc43)c2C1=O. The van der Waals surface area contributed by atoms with E-state index in [2.05, 4.69) is 35.3 Å². The van der Waals surface area contributed by atoms with Crippen molar-refractivity contribution < 1.29 is 4.79 Å². The van der Waals surface area contributed by atoms with Gasteiger partial charge in [-0.15, -0.1) is 0 Å². The fourth-order valence-electron chi connectivity index (χ4n) is 3.61. The van der Waals surface area contributed by atoms with E-state index in [1.165, 1.54) is 0 Å². The van der Waals surface area contributed by atoms with Crippen LogP contribution in [-0.2, 0) is 6.54 Å². The van der Waals surface area contributed by atoms with Crippen LogP contribution >= 0.6 is 0 Å². The van der Waals surface area contributed by atoms with Gasteiger partial charge in [0.15, 0.2) is 0 Å². The molecule has 0 unspecified atom stereocenters. The molecular weight excluding hydrogens is 322 g/mol. The van der Waals surface area contributed by atoms with Crippen LogP contribution in [0.3, 0.4) is 0 Å². The summed E-state index contributed by atoms with van der Waals surface area (Å²) in [5, 5.41) is 3.11. The maximum Gasteiger partial charge on any atom is 0.256 e. The number of benzene rings is 2. The fourth-order valence-corrected chi connectivity index (χ4v) is 3.61. The number of aromatic amines is 1. The van der Waals surface area contributed by atoms with Crippen LogP contribution < -0.4 is 0 Å². The predicted octanol–water partition coefficient (Wildman–Crippen LogP) is 4.47. The Hall–Kier alpha value is -3.40. The van der Waals surface area contributed by atoms with E-state index in [0.717, 1.165) is 44.2 Å². The van der Waals surface area contributed by atoms with Gasteiger partial charge in [0, 0.05) is 29.7 Å². The first-order valence-electron chi connectivity index (χ1n) is 8.63. The Morgan fingerprint density at radius 1 is 1.08 bits per heavy atom. The molecule has 3 heterocycles. The van der Waals surface area contributed by atoms with Crippen molar-refractivity contribution in [2.24, 2.45) is 0 Å². The number of aromatic nitrogens is 2. The normalized spacial score (nSPS) is 14.0. The number of rotatable bonds is 2.